The van der Waals surface area contributed by atoms with Crippen LogP contribution in [0.4, 0.5) is 5.82 Å². The predicted octanol–water partition coefficient (Wildman–Crippen LogP) is 5.83. The van der Waals surface area contributed by atoms with E-state index in [1.165, 1.54) is 0 Å². The number of anilines is 1. The van der Waals surface area contributed by atoms with E-state index in [4.69, 9.17) is 40.5 Å². The number of nitrogens with two attached hydrogens (primary N) is 1. The molecule has 0 atom stereocenters. The third kappa shape index (κ3) is 3.18. The van der Waals surface area contributed by atoms with Gasteiger partial charge >= 0.3 is 0 Å². The molecule has 3 nitrogen and oxygen atoms in total. The Kier molecular flexibility index (Phi) is 4.64. The molecule has 24 heavy (non-hydrogen) atoms. The molecular weight excluding hydrogens is 365 g/mol. The maximum Gasteiger partial charge on any atom is 0.142 e. The van der Waals surface area contributed by atoms with E-state index in [1.807, 2.05) is 12.1 Å². The molecule has 1 aromatic heterocycles. The molecule has 0 radical (unpaired) electrons. The maximum atomic E-state index is 9.45. The van der Waals surface area contributed by atoms with E-state index in [9.17, 15) is 5.26 Å². The molecule has 0 aliphatic heterocycles. The average Bonchev–Trinajstić information content (AvgIpc) is 2.54. The zero-order chi connectivity index (χ0) is 17.3. The predicted molar refractivity (Wildman–Crippen MR) is 99.3 cm³/mol. The lowest BCUT2D eigenvalue weighted by Gasteiger charge is -2.12. The van der Waals surface area contributed by atoms with E-state index >= 15 is 0 Å². The molecular formula is C18H10Cl3N3. The fraction of sp³-hybridized carbons (Fsp3) is 0. The van der Waals surface area contributed by atoms with Gasteiger partial charge < -0.3 is 5.73 Å². The molecule has 0 aliphatic carbocycles. The Balaban J connectivity index is 2.27. The molecule has 0 saturated carbocycles. The van der Waals surface area contributed by atoms with E-state index in [2.05, 4.69) is 11.1 Å². The van der Waals surface area contributed by atoms with Gasteiger partial charge in [-0.1, -0.05) is 53.0 Å². The Labute approximate surface area is 154 Å². The summed E-state index contributed by atoms with van der Waals surface area (Å²) in [5, 5.41) is 11.0. The zero-order valence-electron chi connectivity index (χ0n) is 12.2. The van der Waals surface area contributed by atoms with Gasteiger partial charge in [0.15, 0.2) is 0 Å². The van der Waals surface area contributed by atoms with Crippen LogP contribution in [0, 0.1) is 11.3 Å². The van der Waals surface area contributed by atoms with Crippen LogP contribution in [0.15, 0.2) is 48.5 Å². The van der Waals surface area contributed by atoms with Gasteiger partial charge in [-0.25, -0.2) is 4.98 Å². The van der Waals surface area contributed by atoms with Crippen molar-refractivity contribution in [2.24, 2.45) is 0 Å². The molecule has 0 bridgehead atoms. The summed E-state index contributed by atoms with van der Waals surface area (Å²) in [6.45, 7) is 0. The summed E-state index contributed by atoms with van der Waals surface area (Å²) >= 11 is 18.3. The van der Waals surface area contributed by atoms with Crippen molar-refractivity contribution in [3.05, 3.63) is 69.2 Å². The molecule has 2 N–H and O–H groups in total. The summed E-state index contributed by atoms with van der Waals surface area (Å²) in [4.78, 5) is 4.32. The maximum absolute atomic E-state index is 9.45. The molecule has 3 aromatic rings. The van der Waals surface area contributed by atoms with Crippen molar-refractivity contribution in [1.29, 1.82) is 5.26 Å². The van der Waals surface area contributed by atoms with Crippen LogP contribution in [0.1, 0.15) is 5.56 Å². The summed E-state index contributed by atoms with van der Waals surface area (Å²) in [6, 6.07) is 16.2. The molecule has 0 saturated heterocycles. The van der Waals surface area contributed by atoms with Crippen LogP contribution in [-0.4, -0.2) is 4.98 Å². The second-order valence-corrected chi connectivity index (χ2v) is 6.34. The number of nitrogen functional groups attached to an aromatic ring is 1. The lowest BCUT2D eigenvalue weighted by Crippen LogP contribution is -2.00. The minimum atomic E-state index is 0.135. The third-order valence-electron chi connectivity index (χ3n) is 3.50. The van der Waals surface area contributed by atoms with Crippen LogP contribution in [0.5, 0.6) is 0 Å². The summed E-state index contributed by atoms with van der Waals surface area (Å²) in [5.41, 5.74) is 8.92. The molecule has 118 valence electrons. The third-order valence-corrected chi connectivity index (χ3v) is 4.28. The lowest BCUT2D eigenvalue weighted by molar-refractivity contribution is 1.31. The molecule has 0 fully saturated rings. The Morgan fingerprint density at radius 2 is 1.67 bits per heavy atom. The fourth-order valence-electron chi connectivity index (χ4n) is 2.40. The van der Waals surface area contributed by atoms with Crippen LogP contribution in [-0.2, 0) is 0 Å². The number of aromatic nitrogens is 1. The van der Waals surface area contributed by atoms with Crippen molar-refractivity contribution in [3.63, 3.8) is 0 Å². The van der Waals surface area contributed by atoms with E-state index < -0.39 is 0 Å². The number of nitrogens with zero attached hydrogens (tertiary/aromatic N) is 2. The van der Waals surface area contributed by atoms with Crippen LogP contribution in [0.3, 0.4) is 0 Å². The van der Waals surface area contributed by atoms with E-state index in [1.54, 1.807) is 36.4 Å². The van der Waals surface area contributed by atoms with Gasteiger partial charge in [-0.15, -0.1) is 0 Å². The van der Waals surface area contributed by atoms with E-state index in [0.717, 1.165) is 5.56 Å². The molecule has 2 aromatic carbocycles. The summed E-state index contributed by atoms with van der Waals surface area (Å²) in [5.74, 6) is 0.135. The van der Waals surface area contributed by atoms with Gasteiger partial charge in [0, 0.05) is 31.8 Å². The monoisotopic (exact) mass is 373 g/mol. The largest absolute Gasteiger partial charge is 0.383 e. The van der Waals surface area contributed by atoms with E-state index in [0.29, 0.717) is 31.9 Å². The number of pyridine rings is 1. The second kappa shape index (κ2) is 6.70. The average molecular weight is 375 g/mol. The summed E-state index contributed by atoms with van der Waals surface area (Å²) in [7, 11) is 0. The van der Waals surface area contributed by atoms with Crippen molar-refractivity contribution in [3.8, 4) is 28.5 Å². The Hall–Kier alpha value is -2.25. The molecule has 0 amide bonds. The minimum absolute atomic E-state index is 0.135. The normalized spacial score (nSPS) is 10.4. The van der Waals surface area contributed by atoms with Crippen LogP contribution in [0.2, 0.25) is 15.1 Å². The first-order valence-electron chi connectivity index (χ1n) is 6.91. The first-order chi connectivity index (χ1) is 11.5. The van der Waals surface area contributed by atoms with Crippen molar-refractivity contribution >= 4 is 40.6 Å². The fourth-order valence-corrected chi connectivity index (χ4v) is 3.10. The minimum Gasteiger partial charge on any atom is -0.383 e. The van der Waals surface area contributed by atoms with Crippen molar-refractivity contribution in [1.82, 2.24) is 4.98 Å². The van der Waals surface area contributed by atoms with Crippen LogP contribution < -0.4 is 5.73 Å². The Bertz CT molecular complexity index is 978. The van der Waals surface area contributed by atoms with Gasteiger partial charge in [-0.05, 0) is 30.3 Å². The van der Waals surface area contributed by atoms with Crippen molar-refractivity contribution in [2.45, 2.75) is 0 Å². The Morgan fingerprint density at radius 3 is 2.33 bits per heavy atom. The quantitative estimate of drug-likeness (QED) is 0.614. The summed E-state index contributed by atoms with van der Waals surface area (Å²) in [6.07, 6.45) is 0. The standard InChI is InChI=1S/C18H10Cl3N3/c19-11-3-1-2-10(6-11)17-8-14(15(9-22)18(23)24-17)13-5-4-12(20)7-16(13)21/h1-8H,(H2,23,24). The smallest absolute Gasteiger partial charge is 0.142 e. The van der Waals surface area contributed by atoms with Crippen molar-refractivity contribution < 1.29 is 0 Å². The number of hydrogen-bond acceptors (Lipinski definition) is 3. The second-order valence-electron chi connectivity index (χ2n) is 5.06. The zero-order valence-corrected chi connectivity index (χ0v) is 14.5. The molecule has 0 spiro atoms. The number of nitriles is 1. The highest BCUT2D eigenvalue weighted by atomic mass is 35.5. The van der Waals surface area contributed by atoms with Crippen LogP contribution in [0.25, 0.3) is 22.4 Å². The van der Waals surface area contributed by atoms with Crippen molar-refractivity contribution in [2.75, 3.05) is 5.73 Å². The summed E-state index contributed by atoms with van der Waals surface area (Å²) < 4.78 is 0. The highest BCUT2D eigenvalue weighted by Crippen LogP contribution is 2.36. The van der Waals surface area contributed by atoms with Gasteiger partial charge in [-0.2, -0.15) is 5.26 Å². The number of rotatable bonds is 2. The van der Waals surface area contributed by atoms with Gasteiger partial charge in [0.2, 0.25) is 0 Å². The van der Waals surface area contributed by atoms with Crippen LogP contribution >= 0.6 is 34.8 Å². The highest BCUT2D eigenvalue weighted by Gasteiger charge is 2.16. The molecule has 3 rings (SSSR count). The SMILES string of the molecule is N#Cc1c(-c2ccc(Cl)cc2Cl)cc(-c2cccc(Cl)c2)nc1N. The highest BCUT2D eigenvalue weighted by molar-refractivity contribution is 6.36. The van der Waals surface area contributed by atoms with Gasteiger partial charge in [0.05, 0.1) is 5.69 Å². The van der Waals surface area contributed by atoms with Gasteiger partial charge in [0.1, 0.15) is 17.5 Å². The first-order valence-corrected chi connectivity index (χ1v) is 8.05. The molecule has 0 aliphatic rings. The number of benzene rings is 2. The van der Waals surface area contributed by atoms with Gasteiger partial charge in [0.25, 0.3) is 0 Å². The van der Waals surface area contributed by atoms with E-state index in [-0.39, 0.29) is 11.4 Å². The van der Waals surface area contributed by atoms with Gasteiger partial charge in [-0.3, -0.25) is 0 Å². The molecule has 0 unspecified atom stereocenters. The first kappa shape index (κ1) is 16.6. The molecule has 6 heteroatoms. The Morgan fingerprint density at radius 1 is 0.917 bits per heavy atom. The molecule has 1 heterocycles. The number of hydrogen-bond donors (Lipinski definition) is 1. The number of halogens is 3. The topological polar surface area (TPSA) is 62.7 Å². The lowest BCUT2D eigenvalue weighted by atomic mass is 9.98.